The smallest absolute Gasteiger partial charge is 0.149 e. The van der Waals surface area contributed by atoms with E-state index in [4.69, 9.17) is 4.74 Å². The highest BCUT2D eigenvalue weighted by molar-refractivity contribution is 4.83. The summed E-state index contributed by atoms with van der Waals surface area (Å²) in [5.74, 6) is 0. The molecule has 0 aliphatic carbocycles. The third-order valence-corrected chi connectivity index (χ3v) is 0.697. The van der Waals surface area contributed by atoms with Crippen LogP contribution < -0.4 is 0 Å². The molecule has 0 spiro atoms. The molecule has 0 radical (unpaired) electrons. The van der Waals surface area contributed by atoms with Gasteiger partial charge in [0, 0.05) is 12.4 Å². The van der Waals surface area contributed by atoms with Gasteiger partial charge in [0.25, 0.3) is 0 Å². The van der Waals surface area contributed by atoms with E-state index in [2.05, 4.69) is 14.9 Å². The highest BCUT2D eigenvalue weighted by Crippen LogP contribution is 1.90. The fourth-order valence-corrected chi connectivity index (χ4v) is 0.395. The van der Waals surface area contributed by atoms with Gasteiger partial charge in [-0.2, -0.15) is 0 Å². The maximum absolute atomic E-state index is 4.72. The van der Waals surface area contributed by atoms with Crippen LogP contribution in [0.2, 0.25) is 0 Å². The molecular formula is C4H6N2O2. The van der Waals surface area contributed by atoms with Crippen LogP contribution in [0.3, 0.4) is 0 Å². The fourth-order valence-electron chi connectivity index (χ4n) is 0.395. The van der Waals surface area contributed by atoms with E-state index in [0.717, 1.165) is 0 Å². The van der Waals surface area contributed by atoms with Crippen molar-refractivity contribution in [3.05, 3.63) is 12.0 Å². The number of ether oxygens (including phenoxy) is 1. The molecule has 0 aromatic carbocycles. The second-order valence-corrected chi connectivity index (χ2v) is 1.33. The first-order valence-corrected chi connectivity index (χ1v) is 2.18. The first-order chi connectivity index (χ1) is 3.93. The molecule has 0 aliphatic heterocycles. The lowest BCUT2D eigenvalue weighted by Gasteiger charge is -1.85. The number of hydrogen-bond donors (Lipinski definition) is 0. The molecule has 0 bridgehead atoms. The Balaban J connectivity index is 2.50. The third-order valence-electron chi connectivity index (χ3n) is 0.697. The molecule has 1 aromatic heterocycles. The minimum Gasteiger partial charge on any atom is -0.378 e. The van der Waals surface area contributed by atoms with Crippen molar-refractivity contribution >= 4 is 0 Å². The molecular weight excluding hydrogens is 108 g/mol. The highest BCUT2D eigenvalue weighted by atomic mass is 16.5. The Morgan fingerprint density at radius 1 is 1.88 bits per heavy atom. The molecule has 4 heteroatoms. The van der Waals surface area contributed by atoms with E-state index in [1.807, 2.05) is 0 Å². The van der Waals surface area contributed by atoms with Gasteiger partial charge in [-0.15, -0.1) is 5.10 Å². The van der Waals surface area contributed by atoms with E-state index in [0.29, 0.717) is 12.3 Å². The molecule has 0 N–H and O–H groups in total. The van der Waals surface area contributed by atoms with Gasteiger partial charge in [0.15, 0.2) is 0 Å². The summed E-state index contributed by atoms with van der Waals surface area (Å²) in [5, 5.41) is 6.80. The summed E-state index contributed by atoms with van der Waals surface area (Å²) in [6.45, 7) is 0.462. The van der Waals surface area contributed by atoms with Gasteiger partial charge in [0.2, 0.25) is 0 Å². The van der Waals surface area contributed by atoms with E-state index in [-0.39, 0.29) is 0 Å². The second-order valence-electron chi connectivity index (χ2n) is 1.33. The van der Waals surface area contributed by atoms with Gasteiger partial charge in [0.05, 0.1) is 6.61 Å². The molecule has 0 saturated carbocycles. The van der Waals surface area contributed by atoms with Crippen molar-refractivity contribution in [2.45, 2.75) is 6.61 Å². The van der Waals surface area contributed by atoms with Crippen LogP contribution in [-0.4, -0.2) is 17.5 Å². The predicted octanol–water partition coefficient (Wildman–Crippen LogP) is 0.216. The summed E-state index contributed by atoms with van der Waals surface area (Å²) in [4.78, 5) is 0. The zero-order chi connectivity index (χ0) is 5.82. The minimum absolute atomic E-state index is 0.462. The van der Waals surface area contributed by atoms with Crippen molar-refractivity contribution in [1.29, 1.82) is 0 Å². The molecule has 1 rings (SSSR count). The van der Waals surface area contributed by atoms with Crippen molar-refractivity contribution < 1.29 is 9.26 Å². The van der Waals surface area contributed by atoms with Crippen LogP contribution in [0.5, 0.6) is 0 Å². The lowest BCUT2D eigenvalue weighted by molar-refractivity contribution is 0.181. The van der Waals surface area contributed by atoms with Crippen molar-refractivity contribution in [3.8, 4) is 0 Å². The Labute approximate surface area is 46.4 Å². The van der Waals surface area contributed by atoms with Gasteiger partial charge in [-0.25, -0.2) is 0 Å². The number of nitrogens with zero attached hydrogens (tertiary/aromatic N) is 2. The monoisotopic (exact) mass is 114 g/mol. The molecule has 0 fully saturated rings. The summed E-state index contributed by atoms with van der Waals surface area (Å²) in [6.07, 6.45) is 1.45. The van der Waals surface area contributed by atoms with Gasteiger partial charge in [-0.05, 0) is 0 Å². The Morgan fingerprint density at radius 2 is 2.75 bits per heavy atom. The topological polar surface area (TPSA) is 48.2 Å². The lowest BCUT2D eigenvalue weighted by Crippen LogP contribution is -1.85. The Bertz CT molecular complexity index is 138. The molecule has 0 atom stereocenters. The third kappa shape index (κ3) is 1.04. The van der Waals surface area contributed by atoms with E-state index >= 15 is 0 Å². The van der Waals surface area contributed by atoms with Gasteiger partial charge in [-0.3, -0.25) is 0 Å². The Kier molecular flexibility index (Phi) is 1.58. The first-order valence-electron chi connectivity index (χ1n) is 2.18. The summed E-state index contributed by atoms with van der Waals surface area (Å²) >= 11 is 0. The highest BCUT2D eigenvalue weighted by Gasteiger charge is 1.92. The van der Waals surface area contributed by atoms with Gasteiger partial charge >= 0.3 is 0 Å². The van der Waals surface area contributed by atoms with Crippen LogP contribution in [0, 0.1) is 0 Å². The zero-order valence-electron chi connectivity index (χ0n) is 4.50. The van der Waals surface area contributed by atoms with E-state index in [1.165, 1.54) is 6.26 Å². The van der Waals surface area contributed by atoms with Crippen LogP contribution in [0.25, 0.3) is 0 Å². The molecule has 1 heterocycles. The Hall–Kier alpha value is -0.900. The van der Waals surface area contributed by atoms with Crippen molar-refractivity contribution in [2.75, 3.05) is 7.11 Å². The van der Waals surface area contributed by atoms with Crippen LogP contribution >= 0.6 is 0 Å². The number of rotatable bonds is 2. The average Bonchev–Trinajstić information content (AvgIpc) is 2.19. The summed E-state index contributed by atoms with van der Waals surface area (Å²) < 4.78 is 9.15. The van der Waals surface area contributed by atoms with Crippen LogP contribution in [0.4, 0.5) is 0 Å². The van der Waals surface area contributed by atoms with Gasteiger partial charge in [0.1, 0.15) is 12.0 Å². The summed E-state index contributed by atoms with van der Waals surface area (Å²) in [6, 6.07) is 0. The van der Waals surface area contributed by atoms with Crippen molar-refractivity contribution in [2.24, 2.45) is 0 Å². The average molecular weight is 114 g/mol. The maximum atomic E-state index is 4.72. The zero-order valence-corrected chi connectivity index (χ0v) is 4.50. The van der Waals surface area contributed by atoms with Crippen molar-refractivity contribution in [3.63, 3.8) is 0 Å². The molecule has 44 valence electrons. The summed E-state index contributed by atoms with van der Waals surface area (Å²) in [5.41, 5.74) is 0.715. The molecule has 4 nitrogen and oxygen atoms in total. The number of methoxy groups -OCH3 is 1. The largest absolute Gasteiger partial charge is 0.378 e. The second kappa shape index (κ2) is 2.42. The minimum atomic E-state index is 0.462. The first kappa shape index (κ1) is 5.24. The molecule has 0 aliphatic rings. The quantitative estimate of drug-likeness (QED) is 0.551. The molecule has 0 unspecified atom stereocenters. The van der Waals surface area contributed by atoms with E-state index in [1.54, 1.807) is 7.11 Å². The molecule has 0 saturated heterocycles. The number of aromatic nitrogens is 2. The Morgan fingerprint density at radius 3 is 3.25 bits per heavy atom. The lowest BCUT2D eigenvalue weighted by atomic mass is 10.5. The molecule has 1 aromatic rings. The van der Waals surface area contributed by atoms with E-state index in [9.17, 15) is 0 Å². The molecule has 8 heavy (non-hydrogen) atoms. The van der Waals surface area contributed by atoms with Crippen LogP contribution in [0.15, 0.2) is 10.8 Å². The maximum Gasteiger partial charge on any atom is 0.149 e. The standard InChI is InChI=1S/C4H6N2O2/c1-7-2-4-3-8-6-5-4/h3H,2H2,1H3. The van der Waals surface area contributed by atoms with Gasteiger partial charge < -0.3 is 9.26 Å². The summed E-state index contributed by atoms with van der Waals surface area (Å²) in [7, 11) is 1.59. The van der Waals surface area contributed by atoms with Crippen molar-refractivity contribution in [1.82, 2.24) is 10.4 Å². The van der Waals surface area contributed by atoms with Crippen LogP contribution in [0.1, 0.15) is 5.69 Å². The normalized spacial score (nSPS) is 9.62. The fraction of sp³-hybridized carbons (Fsp3) is 0.500. The SMILES string of the molecule is COCc1conn1. The van der Waals surface area contributed by atoms with E-state index < -0.39 is 0 Å². The van der Waals surface area contributed by atoms with Gasteiger partial charge in [-0.1, -0.05) is 0 Å². The molecule has 0 amide bonds. The predicted molar refractivity (Wildman–Crippen MR) is 25.0 cm³/mol. The number of hydrogen-bond acceptors (Lipinski definition) is 4. The van der Waals surface area contributed by atoms with Crippen LogP contribution in [-0.2, 0) is 11.3 Å².